The fourth-order valence-electron chi connectivity index (χ4n) is 3.83. The highest BCUT2D eigenvalue weighted by Crippen LogP contribution is 2.41. The van der Waals surface area contributed by atoms with Crippen LogP contribution < -0.4 is 4.90 Å². The molecule has 1 unspecified atom stereocenters. The van der Waals surface area contributed by atoms with Crippen LogP contribution >= 0.6 is 0 Å². The van der Waals surface area contributed by atoms with Crippen molar-refractivity contribution in [3.63, 3.8) is 0 Å². The van der Waals surface area contributed by atoms with Crippen molar-refractivity contribution in [2.75, 3.05) is 4.90 Å². The van der Waals surface area contributed by atoms with Gasteiger partial charge in [-0.25, -0.2) is 4.79 Å². The number of hydrogen-bond donors (Lipinski definition) is 2. The van der Waals surface area contributed by atoms with Gasteiger partial charge in [0.25, 0.3) is 11.6 Å². The third-order valence-electron chi connectivity index (χ3n) is 5.49. The Hall–Kier alpha value is -5.05. The molecule has 0 saturated carbocycles. The Labute approximate surface area is 199 Å². The van der Waals surface area contributed by atoms with Gasteiger partial charge in [0, 0.05) is 17.8 Å². The van der Waals surface area contributed by atoms with E-state index in [0.717, 1.165) is 10.5 Å². The molecular weight excluding hydrogens is 452 g/mol. The van der Waals surface area contributed by atoms with Crippen molar-refractivity contribution in [1.82, 2.24) is 0 Å². The number of amides is 1. The topological polar surface area (TPSA) is 138 Å². The molecule has 4 rings (SSSR count). The number of carbonyl (C=O) groups excluding carboxylic acids is 2. The van der Waals surface area contributed by atoms with E-state index in [1.54, 1.807) is 24.3 Å². The zero-order chi connectivity index (χ0) is 25.1. The number of aliphatic hydroxyl groups is 1. The van der Waals surface area contributed by atoms with Crippen molar-refractivity contribution in [1.29, 1.82) is 0 Å². The van der Waals surface area contributed by atoms with Gasteiger partial charge in [0.1, 0.15) is 0 Å². The maximum atomic E-state index is 13.2. The molecule has 0 aliphatic carbocycles. The highest BCUT2D eigenvalue weighted by Gasteiger charge is 2.44. The van der Waals surface area contributed by atoms with Gasteiger partial charge in [-0.2, -0.15) is 0 Å². The zero-order valence-electron chi connectivity index (χ0n) is 18.1. The number of anilines is 1. The lowest BCUT2D eigenvalue weighted by Crippen LogP contribution is -2.31. The van der Waals surface area contributed by atoms with Gasteiger partial charge in [0.05, 0.1) is 22.1 Å². The summed E-state index contributed by atoms with van der Waals surface area (Å²) in [5.41, 5.74) is 0.674. The summed E-state index contributed by atoms with van der Waals surface area (Å²) in [6, 6.07) is 18.5. The number of non-ortho nitro benzene ring substituents is 1. The number of carboxylic acids is 1. The van der Waals surface area contributed by atoms with Gasteiger partial charge >= 0.3 is 5.97 Å². The number of aliphatic hydroxyl groups excluding tert-OH is 1. The van der Waals surface area contributed by atoms with Crippen molar-refractivity contribution in [2.24, 2.45) is 0 Å². The van der Waals surface area contributed by atoms with E-state index in [-0.39, 0.29) is 22.5 Å². The monoisotopic (exact) mass is 470 g/mol. The van der Waals surface area contributed by atoms with Gasteiger partial charge in [-0.15, -0.1) is 0 Å². The van der Waals surface area contributed by atoms with Crippen LogP contribution in [-0.2, 0) is 9.59 Å². The van der Waals surface area contributed by atoms with E-state index >= 15 is 0 Å². The molecule has 3 aromatic carbocycles. The second kappa shape index (κ2) is 9.44. The molecular formula is C26H18N2O7. The van der Waals surface area contributed by atoms with Crippen LogP contribution in [0.4, 0.5) is 11.4 Å². The van der Waals surface area contributed by atoms with E-state index in [1.807, 2.05) is 6.07 Å². The molecule has 1 atom stereocenters. The average Bonchev–Trinajstić information content (AvgIpc) is 3.13. The van der Waals surface area contributed by atoms with Gasteiger partial charge in [0.2, 0.25) is 0 Å². The number of carboxylic acid groups (broad SMARTS) is 1. The van der Waals surface area contributed by atoms with Crippen molar-refractivity contribution >= 4 is 35.1 Å². The average molecular weight is 470 g/mol. The van der Waals surface area contributed by atoms with E-state index in [9.17, 15) is 34.7 Å². The first-order valence-electron chi connectivity index (χ1n) is 10.4. The minimum absolute atomic E-state index is 0.0963. The lowest BCUT2D eigenvalue weighted by atomic mass is 9.95. The van der Waals surface area contributed by atoms with Gasteiger partial charge < -0.3 is 10.2 Å². The number of benzene rings is 3. The summed E-state index contributed by atoms with van der Waals surface area (Å²) < 4.78 is 0. The van der Waals surface area contributed by atoms with Crippen molar-refractivity contribution in [3.05, 3.63) is 123 Å². The summed E-state index contributed by atoms with van der Waals surface area (Å²) in [5.74, 6) is -3.53. The van der Waals surface area contributed by atoms with Crippen molar-refractivity contribution in [2.45, 2.75) is 6.04 Å². The number of nitro benzene ring substituents is 1. The molecule has 1 aliphatic rings. The van der Waals surface area contributed by atoms with Crippen molar-refractivity contribution < 1.29 is 29.5 Å². The lowest BCUT2D eigenvalue weighted by Gasteiger charge is -2.27. The highest BCUT2D eigenvalue weighted by molar-refractivity contribution is 6.20. The first-order valence-corrected chi connectivity index (χ1v) is 10.4. The summed E-state index contributed by atoms with van der Waals surface area (Å²) in [5, 5.41) is 31.2. The Morgan fingerprint density at radius 1 is 0.971 bits per heavy atom. The Morgan fingerprint density at radius 3 is 2.29 bits per heavy atom. The molecule has 0 fully saturated rings. The van der Waals surface area contributed by atoms with Gasteiger partial charge in [0.15, 0.2) is 11.5 Å². The van der Waals surface area contributed by atoms with Gasteiger partial charge in [-0.1, -0.05) is 42.5 Å². The summed E-state index contributed by atoms with van der Waals surface area (Å²) in [6.45, 7) is 0. The predicted molar refractivity (Wildman–Crippen MR) is 127 cm³/mol. The second-order valence-corrected chi connectivity index (χ2v) is 7.65. The fourth-order valence-corrected chi connectivity index (χ4v) is 3.83. The molecule has 9 heteroatoms. The molecule has 0 saturated heterocycles. The largest absolute Gasteiger partial charge is 0.503 e. The minimum Gasteiger partial charge on any atom is -0.503 e. The number of ketones is 1. The molecule has 174 valence electrons. The number of nitro groups is 1. The van der Waals surface area contributed by atoms with E-state index < -0.39 is 34.4 Å². The van der Waals surface area contributed by atoms with Crippen molar-refractivity contribution in [3.8, 4) is 0 Å². The maximum absolute atomic E-state index is 13.2. The molecule has 0 bridgehead atoms. The fraction of sp³-hybridized carbons (Fsp3) is 0.0385. The SMILES string of the molecule is O=C(C=Cc1ccccc1)C1=C(O)C(=O)N(c2cccc(C(=O)O)c2)C1c1ccc([N+](=O)[O-])cc1. The molecule has 2 N–H and O–H groups in total. The van der Waals surface area contributed by atoms with Crippen LogP contribution in [0, 0.1) is 10.1 Å². The maximum Gasteiger partial charge on any atom is 0.335 e. The molecule has 1 amide bonds. The quantitative estimate of drug-likeness (QED) is 0.295. The van der Waals surface area contributed by atoms with Crippen LogP contribution in [0.2, 0.25) is 0 Å². The molecule has 0 spiro atoms. The van der Waals surface area contributed by atoms with Gasteiger partial charge in [-0.3, -0.25) is 24.6 Å². The first kappa shape index (κ1) is 23.1. The third kappa shape index (κ3) is 4.55. The summed E-state index contributed by atoms with van der Waals surface area (Å²) >= 11 is 0. The zero-order valence-corrected chi connectivity index (χ0v) is 18.1. The summed E-state index contributed by atoms with van der Waals surface area (Å²) in [7, 11) is 0. The molecule has 3 aromatic rings. The Morgan fingerprint density at radius 2 is 1.66 bits per heavy atom. The molecule has 9 nitrogen and oxygen atoms in total. The Bertz CT molecular complexity index is 1390. The van der Waals surface area contributed by atoms with E-state index in [1.165, 1.54) is 60.7 Å². The normalized spacial score (nSPS) is 15.6. The predicted octanol–water partition coefficient (Wildman–Crippen LogP) is 4.48. The van der Waals surface area contributed by atoms with Crippen LogP contribution in [0.15, 0.2) is 96.3 Å². The van der Waals surface area contributed by atoms with Crippen LogP contribution in [-0.4, -0.2) is 32.8 Å². The number of hydrogen-bond acceptors (Lipinski definition) is 6. The molecule has 0 radical (unpaired) electrons. The van der Waals surface area contributed by atoms with E-state index in [2.05, 4.69) is 0 Å². The number of allylic oxidation sites excluding steroid dienone is 1. The number of aromatic carboxylic acids is 1. The Balaban J connectivity index is 1.82. The molecule has 0 aromatic heterocycles. The first-order chi connectivity index (χ1) is 16.8. The molecule has 1 heterocycles. The molecule has 1 aliphatic heterocycles. The van der Waals surface area contributed by atoms with Gasteiger partial charge in [-0.05, 0) is 47.5 Å². The summed E-state index contributed by atoms with van der Waals surface area (Å²) in [4.78, 5) is 49.4. The van der Waals surface area contributed by atoms with Crippen LogP contribution in [0.1, 0.15) is 27.5 Å². The Kier molecular flexibility index (Phi) is 6.23. The summed E-state index contributed by atoms with van der Waals surface area (Å²) in [6.07, 6.45) is 2.76. The third-order valence-corrected chi connectivity index (χ3v) is 5.49. The van der Waals surface area contributed by atoms with E-state index in [4.69, 9.17) is 0 Å². The molecule has 35 heavy (non-hydrogen) atoms. The highest BCUT2D eigenvalue weighted by atomic mass is 16.6. The second-order valence-electron chi connectivity index (χ2n) is 7.65. The number of carbonyl (C=O) groups is 3. The smallest absolute Gasteiger partial charge is 0.335 e. The van der Waals surface area contributed by atoms with E-state index in [0.29, 0.717) is 5.56 Å². The minimum atomic E-state index is -1.22. The number of nitrogens with zero attached hydrogens (tertiary/aromatic N) is 2. The lowest BCUT2D eigenvalue weighted by molar-refractivity contribution is -0.384. The van der Waals surface area contributed by atoms with Crippen LogP contribution in [0.25, 0.3) is 6.08 Å². The van der Waals surface area contributed by atoms with Crippen LogP contribution in [0.5, 0.6) is 0 Å². The standard InChI is InChI=1S/C26H18N2O7/c29-21(14-9-16-5-2-1-3-6-16)22-23(17-10-12-19(13-11-17)28(34)35)27(25(31)24(22)30)20-8-4-7-18(15-20)26(32)33/h1-15,23,30H,(H,32,33). The van der Waals surface area contributed by atoms with Crippen LogP contribution in [0.3, 0.4) is 0 Å². The number of rotatable bonds is 7.